The Morgan fingerprint density at radius 2 is 1.68 bits per heavy atom. The molecule has 2 aromatic rings. The maximum absolute atomic E-state index is 12.8. The lowest BCUT2D eigenvalue weighted by Gasteiger charge is -2.37. The van der Waals surface area contributed by atoms with Crippen molar-refractivity contribution in [2.24, 2.45) is 5.92 Å². The number of carbonyl (C=O) groups excluding carboxylic acids is 2. The summed E-state index contributed by atoms with van der Waals surface area (Å²) in [6.07, 6.45) is 3.43. The molecule has 0 saturated carbocycles. The topological polar surface area (TPSA) is 65.1 Å². The van der Waals surface area contributed by atoms with Crippen molar-refractivity contribution in [3.8, 4) is 11.5 Å². The first-order chi connectivity index (χ1) is 15.1. The Hall–Kier alpha value is -3.02. The highest BCUT2D eigenvalue weighted by molar-refractivity contribution is 5.82. The van der Waals surface area contributed by atoms with Crippen LogP contribution in [0.2, 0.25) is 0 Å². The van der Waals surface area contributed by atoms with Crippen molar-refractivity contribution in [3.63, 3.8) is 0 Å². The van der Waals surface area contributed by atoms with Crippen LogP contribution >= 0.6 is 0 Å². The molecular formula is C25H29NO5. The van der Waals surface area contributed by atoms with E-state index in [1.54, 1.807) is 7.11 Å². The zero-order valence-corrected chi connectivity index (χ0v) is 17.9. The van der Waals surface area contributed by atoms with Gasteiger partial charge in [-0.2, -0.15) is 0 Å². The second-order valence-corrected chi connectivity index (χ2v) is 8.24. The summed E-state index contributed by atoms with van der Waals surface area (Å²) in [5.41, 5.74) is 0.976. The van der Waals surface area contributed by atoms with E-state index < -0.39 is 0 Å². The Morgan fingerprint density at radius 3 is 2.39 bits per heavy atom. The maximum Gasteiger partial charge on any atom is 0.410 e. The molecule has 0 aliphatic carbocycles. The summed E-state index contributed by atoms with van der Waals surface area (Å²) in [4.78, 5) is 27.3. The van der Waals surface area contributed by atoms with Gasteiger partial charge in [-0.3, -0.25) is 4.79 Å². The molecule has 2 bridgehead atoms. The number of hydrogen-bond donors (Lipinski definition) is 0. The Bertz CT molecular complexity index is 886. The zero-order chi connectivity index (χ0) is 21.6. The highest BCUT2D eigenvalue weighted by atomic mass is 16.6. The molecule has 0 aromatic heterocycles. The normalized spacial score (nSPS) is 22.1. The van der Waals surface area contributed by atoms with E-state index in [-0.39, 0.29) is 36.5 Å². The van der Waals surface area contributed by atoms with Gasteiger partial charge >= 0.3 is 6.09 Å². The third-order valence-electron chi connectivity index (χ3n) is 6.26. The number of benzene rings is 2. The van der Waals surface area contributed by atoms with Crippen molar-refractivity contribution in [1.82, 2.24) is 4.90 Å². The van der Waals surface area contributed by atoms with Gasteiger partial charge in [0.2, 0.25) is 0 Å². The van der Waals surface area contributed by atoms with E-state index in [9.17, 15) is 9.59 Å². The number of carbonyl (C=O) groups is 2. The van der Waals surface area contributed by atoms with Crippen LogP contribution in [-0.4, -0.2) is 42.6 Å². The number of hydrogen-bond acceptors (Lipinski definition) is 5. The first-order valence-electron chi connectivity index (χ1n) is 10.9. The number of methoxy groups -OCH3 is 1. The van der Waals surface area contributed by atoms with E-state index in [1.807, 2.05) is 59.5 Å². The fourth-order valence-electron chi connectivity index (χ4n) is 4.70. The Morgan fingerprint density at radius 1 is 0.968 bits per heavy atom. The van der Waals surface area contributed by atoms with Gasteiger partial charge in [-0.15, -0.1) is 0 Å². The van der Waals surface area contributed by atoms with Crippen molar-refractivity contribution < 1.29 is 23.8 Å². The molecule has 2 aliphatic heterocycles. The molecule has 1 amide bonds. The summed E-state index contributed by atoms with van der Waals surface area (Å²) in [7, 11) is 1.61. The lowest BCUT2D eigenvalue weighted by molar-refractivity contribution is -0.125. The Labute approximate surface area is 183 Å². The van der Waals surface area contributed by atoms with Crippen molar-refractivity contribution in [1.29, 1.82) is 0 Å². The lowest BCUT2D eigenvalue weighted by Crippen LogP contribution is -2.48. The summed E-state index contributed by atoms with van der Waals surface area (Å²) >= 11 is 0. The average molecular weight is 424 g/mol. The van der Waals surface area contributed by atoms with Gasteiger partial charge in [0.25, 0.3) is 0 Å². The predicted molar refractivity (Wildman–Crippen MR) is 116 cm³/mol. The van der Waals surface area contributed by atoms with E-state index in [1.165, 1.54) is 0 Å². The standard InChI is InChI=1S/C25H29NO5/c1-29-22-8-5-9-23(16-22)30-13-12-24(27)19-14-20-10-11-21(15-19)26(20)25(28)31-17-18-6-3-2-4-7-18/h2-9,16,19-21H,10-15,17H2,1H3. The first kappa shape index (κ1) is 21.2. The van der Waals surface area contributed by atoms with Crippen LogP contribution in [0.25, 0.3) is 0 Å². The van der Waals surface area contributed by atoms with Crippen LogP contribution < -0.4 is 9.47 Å². The highest BCUT2D eigenvalue weighted by Gasteiger charge is 2.45. The molecule has 164 valence electrons. The quantitative estimate of drug-likeness (QED) is 0.620. The van der Waals surface area contributed by atoms with Crippen molar-refractivity contribution in [2.45, 2.75) is 50.8 Å². The summed E-state index contributed by atoms with van der Waals surface area (Å²) in [6, 6.07) is 17.3. The largest absolute Gasteiger partial charge is 0.497 e. The van der Waals surface area contributed by atoms with E-state index in [2.05, 4.69) is 0 Å². The molecule has 2 aliphatic rings. The van der Waals surface area contributed by atoms with E-state index in [4.69, 9.17) is 14.2 Å². The molecular weight excluding hydrogens is 394 g/mol. The smallest absolute Gasteiger partial charge is 0.410 e. The predicted octanol–water partition coefficient (Wildman–Crippen LogP) is 4.61. The number of rotatable bonds is 8. The van der Waals surface area contributed by atoms with Crippen LogP contribution in [0.1, 0.15) is 37.7 Å². The van der Waals surface area contributed by atoms with Gasteiger partial charge < -0.3 is 19.1 Å². The van der Waals surface area contributed by atoms with E-state index >= 15 is 0 Å². The van der Waals surface area contributed by atoms with Crippen LogP contribution in [0, 0.1) is 5.92 Å². The van der Waals surface area contributed by atoms with Crippen LogP contribution in [0.5, 0.6) is 11.5 Å². The monoisotopic (exact) mass is 423 g/mol. The molecule has 2 heterocycles. The fourth-order valence-corrected chi connectivity index (χ4v) is 4.70. The second kappa shape index (κ2) is 9.86. The molecule has 0 radical (unpaired) electrons. The van der Waals surface area contributed by atoms with Gasteiger partial charge in [0.15, 0.2) is 0 Å². The number of piperidine rings is 1. The van der Waals surface area contributed by atoms with Crippen LogP contribution in [0.3, 0.4) is 0 Å². The lowest BCUT2D eigenvalue weighted by atomic mass is 9.86. The van der Waals surface area contributed by atoms with Crippen LogP contribution in [0.4, 0.5) is 4.79 Å². The van der Waals surface area contributed by atoms with Crippen LogP contribution in [0.15, 0.2) is 54.6 Å². The minimum absolute atomic E-state index is 0.00965. The van der Waals surface area contributed by atoms with Gasteiger partial charge in [-0.05, 0) is 43.4 Å². The third-order valence-corrected chi connectivity index (χ3v) is 6.26. The van der Waals surface area contributed by atoms with Gasteiger partial charge in [-0.25, -0.2) is 4.79 Å². The minimum Gasteiger partial charge on any atom is -0.497 e. The van der Waals surface area contributed by atoms with Crippen LogP contribution in [-0.2, 0) is 16.1 Å². The van der Waals surface area contributed by atoms with Crippen molar-refractivity contribution in [3.05, 3.63) is 60.2 Å². The van der Waals surface area contributed by atoms with E-state index in [0.717, 1.165) is 37.0 Å². The molecule has 6 heteroatoms. The van der Waals surface area contributed by atoms with Crippen molar-refractivity contribution in [2.75, 3.05) is 13.7 Å². The maximum atomic E-state index is 12.8. The molecule has 4 rings (SSSR count). The highest BCUT2D eigenvalue weighted by Crippen LogP contribution is 2.39. The second-order valence-electron chi connectivity index (χ2n) is 8.24. The Kier molecular flexibility index (Phi) is 6.75. The molecule has 2 atom stereocenters. The molecule has 31 heavy (non-hydrogen) atoms. The number of Topliss-reactive ketones (excluding diaryl/α,β-unsaturated/α-hetero) is 1. The van der Waals surface area contributed by atoms with E-state index in [0.29, 0.717) is 18.8 Å². The molecule has 0 spiro atoms. The fraction of sp³-hybridized carbons (Fsp3) is 0.440. The van der Waals surface area contributed by atoms with Gasteiger partial charge in [0.1, 0.15) is 23.9 Å². The molecule has 2 aromatic carbocycles. The molecule has 0 N–H and O–H groups in total. The zero-order valence-electron chi connectivity index (χ0n) is 17.9. The number of fused-ring (bicyclic) bond motifs is 2. The van der Waals surface area contributed by atoms with Crippen molar-refractivity contribution >= 4 is 11.9 Å². The number of nitrogens with zero attached hydrogens (tertiary/aromatic N) is 1. The molecule has 2 unspecified atom stereocenters. The average Bonchev–Trinajstić information content (AvgIpc) is 3.07. The summed E-state index contributed by atoms with van der Waals surface area (Å²) in [5, 5.41) is 0. The minimum atomic E-state index is -0.261. The number of ketones is 1. The summed E-state index contributed by atoms with van der Waals surface area (Å²) < 4.78 is 16.5. The van der Waals surface area contributed by atoms with Gasteiger partial charge in [-0.1, -0.05) is 36.4 Å². The summed E-state index contributed by atoms with van der Waals surface area (Å²) in [5.74, 6) is 1.64. The first-order valence-corrected chi connectivity index (χ1v) is 10.9. The number of amides is 1. The van der Waals surface area contributed by atoms with Gasteiger partial charge in [0.05, 0.1) is 13.7 Å². The molecule has 6 nitrogen and oxygen atoms in total. The molecule has 2 saturated heterocycles. The SMILES string of the molecule is COc1cccc(OCCC(=O)C2CC3CCC(C2)N3C(=O)OCc2ccccc2)c1. The van der Waals surface area contributed by atoms with Gasteiger partial charge in [0, 0.05) is 30.5 Å². The number of ether oxygens (including phenoxy) is 3. The Balaban J connectivity index is 1.25. The molecule has 2 fully saturated rings. The summed E-state index contributed by atoms with van der Waals surface area (Å²) in [6.45, 7) is 0.625. The third kappa shape index (κ3) is 5.19.